The van der Waals surface area contributed by atoms with Crippen molar-refractivity contribution in [1.29, 1.82) is 0 Å². The van der Waals surface area contributed by atoms with E-state index in [0.29, 0.717) is 35.8 Å². The number of nitrogens with zero attached hydrogens (tertiary/aromatic N) is 3. The van der Waals surface area contributed by atoms with Gasteiger partial charge in [-0.3, -0.25) is 9.79 Å². The van der Waals surface area contributed by atoms with E-state index < -0.39 is 12.3 Å². The number of likely N-dealkylation sites (tertiary alicyclic amines) is 1. The molecule has 1 heterocycles. The van der Waals surface area contributed by atoms with Crippen LogP contribution < -0.4 is 15.8 Å². The standard InChI is InChI=1S/C29H29FN4O2.CH5N/c1-4-28(35)32-23-9-5-7-20(17-23)25-10-6-8-21(18-31-2)29(25)33-22-11-13-24(14-12-22)36-27-15-16-34(3)19-26(27)30;1-2/h4-14,17-18,26-27H,1-2,15-16,19H2,3H3,(H,32,35);2H2,1H3/b21-18-,33-29?;. The molecule has 0 radical (unpaired) electrons. The Labute approximate surface area is 223 Å². The maximum absolute atomic E-state index is 14.4. The van der Waals surface area contributed by atoms with Gasteiger partial charge in [0.1, 0.15) is 18.0 Å². The van der Waals surface area contributed by atoms with Crippen molar-refractivity contribution in [2.75, 3.05) is 32.5 Å². The number of anilines is 1. The van der Waals surface area contributed by atoms with Gasteiger partial charge in [-0.15, -0.1) is 0 Å². The summed E-state index contributed by atoms with van der Waals surface area (Å²) in [4.78, 5) is 22.6. The van der Waals surface area contributed by atoms with Gasteiger partial charge in [0.05, 0.1) is 11.4 Å². The van der Waals surface area contributed by atoms with Crippen LogP contribution in [0.5, 0.6) is 5.75 Å². The average Bonchev–Trinajstić information content (AvgIpc) is 2.93. The Hall–Kier alpha value is -4.14. The van der Waals surface area contributed by atoms with Crippen LogP contribution in [0.2, 0.25) is 0 Å². The van der Waals surface area contributed by atoms with E-state index in [1.165, 1.54) is 13.1 Å². The van der Waals surface area contributed by atoms with E-state index in [4.69, 9.17) is 9.73 Å². The number of carbonyl (C=O) groups excluding carboxylic acids is 1. The zero-order valence-electron chi connectivity index (χ0n) is 21.8. The maximum atomic E-state index is 14.4. The number of ether oxygens (including phenoxy) is 1. The summed E-state index contributed by atoms with van der Waals surface area (Å²) in [6.07, 6.45) is 7.88. The Morgan fingerprint density at radius 2 is 2.00 bits per heavy atom. The monoisotopic (exact) mass is 515 g/mol. The number of allylic oxidation sites excluding steroid dienone is 5. The summed E-state index contributed by atoms with van der Waals surface area (Å²) in [5.74, 6) is 0.335. The van der Waals surface area contributed by atoms with Crippen molar-refractivity contribution in [1.82, 2.24) is 4.90 Å². The van der Waals surface area contributed by atoms with Crippen LogP contribution in [0.25, 0.3) is 5.57 Å². The number of alkyl halides is 1. The Kier molecular flexibility index (Phi) is 10.5. The lowest BCUT2D eigenvalue weighted by Crippen LogP contribution is -2.45. The fraction of sp³-hybridized carbons (Fsp3) is 0.233. The molecule has 3 N–H and O–H groups in total. The molecule has 2 aromatic carbocycles. The zero-order valence-corrected chi connectivity index (χ0v) is 21.8. The summed E-state index contributed by atoms with van der Waals surface area (Å²) < 4.78 is 20.3. The van der Waals surface area contributed by atoms with Gasteiger partial charge in [0.25, 0.3) is 0 Å². The summed E-state index contributed by atoms with van der Waals surface area (Å²) >= 11 is 0. The van der Waals surface area contributed by atoms with E-state index in [0.717, 1.165) is 23.3 Å². The van der Waals surface area contributed by atoms with Gasteiger partial charge in [-0.2, -0.15) is 0 Å². The predicted molar refractivity (Wildman–Crippen MR) is 155 cm³/mol. The molecule has 8 heteroatoms. The summed E-state index contributed by atoms with van der Waals surface area (Å²) in [6.45, 7) is 8.27. The van der Waals surface area contributed by atoms with Crippen LogP contribution in [0, 0.1) is 0 Å². The number of halogens is 1. The zero-order chi connectivity index (χ0) is 27.5. The van der Waals surface area contributed by atoms with Gasteiger partial charge in [0, 0.05) is 36.1 Å². The minimum absolute atomic E-state index is 0.281. The van der Waals surface area contributed by atoms with Crippen LogP contribution in [0.1, 0.15) is 12.0 Å². The first-order chi connectivity index (χ1) is 18.5. The lowest BCUT2D eigenvalue weighted by molar-refractivity contribution is -0.111. The fourth-order valence-electron chi connectivity index (χ4n) is 4.15. The number of nitrogens with one attached hydrogen (secondary N) is 1. The fourth-order valence-corrected chi connectivity index (χ4v) is 4.15. The first-order valence-electron chi connectivity index (χ1n) is 12.3. The van der Waals surface area contributed by atoms with E-state index in [1.807, 2.05) is 78.7 Å². The van der Waals surface area contributed by atoms with Crippen LogP contribution >= 0.6 is 0 Å². The number of nitrogens with two attached hydrogens (primary N) is 1. The minimum atomic E-state index is -1.02. The van der Waals surface area contributed by atoms with Crippen LogP contribution in [0.4, 0.5) is 15.8 Å². The Morgan fingerprint density at radius 1 is 1.24 bits per heavy atom. The molecule has 0 aromatic heterocycles. The van der Waals surface area contributed by atoms with Crippen molar-refractivity contribution >= 4 is 35.3 Å². The molecule has 1 aliphatic heterocycles. The summed E-state index contributed by atoms with van der Waals surface area (Å²) in [5.41, 5.74) is 9.13. The maximum Gasteiger partial charge on any atom is 0.247 e. The molecule has 7 nitrogen and oxygen atoms in total. The van der Waals surface area contributed by atoms with Gasteiger partial charge in [0.2, 0.25) is 5.91 Å². The number of piperidine rings is 1. The molecule has 2 unspecified atom stereocenters. The molecule has 4 rings (SSSR count). The first-order valence-corrected chi connectivity index (χ1v) is 12.3. The van der Waals surface area contributed by atoms with Gasteiger partial charge >= 0.3 is 0 Å². The highest BCUT2D eigenvalue weighted by atomic mass is 19.1. The molecular formula is C30H34FN5O2. The molecule has 2 aromatic rings. The lowest BCUT2D eigenvalue weighted by atomic mass is 9.91. The Morgan fingerprint density at radius 3 is 2.68 bits per heavy atom. The summed E-state index contributed by atoms with van der Waals surface area (Å²) in [5, 5.41) is 2.79. The van der Waals surface area contributed by atoms with Gasteiger partial charge in [0.15, 0.2) is 0 Å². The number of hydrogen-bond donors (Lipinski definition) is 2. The largest absolute Gasteiger partial charge is 0.487 e. The molecule has 1 saturated heterocycles. The predicted octanol–water partition coefficient (Wildman–Crippen LogP) is 5.12. The van der Waals surface area contributed by atoms with Gasteiger partial charge < -0.3 is 20.7 Å². The number of aliphatic imine (C=N–C) groups is 2. The van der Waals surface area contributed by atoms with E-state index in [-0.39, 0.29) is 5.91 Å². The smallest absolute Gasteiger partial charge is 0.247 e. The van der Waals surface area contributed by atoms with Gasteiger partial charge in [-0.25, -0.2) is 9.38 Å². The topological polar surface area (TPSA) is 92.3 Å². The molecule has 1 aliphatic carbocycles. The third-order valence-corrected chi connectivity index (χ3v) is 5.97. The SMILES string of the molecule is C=CC(=O)Nc1cccc(C2=CC=C/C(=C/N=C)C2=Nc2ccc(OC3CCN(C)CC3F)cc2)c1.CN. The van der Waals surface area contributed by atoms with Crippen LogP contribution in [0.15, 0.2) is 101 Å². The second-order valence-corrected chi connectivity index (χ2v) is 8.66. The third kappa shape index (κ3) is 7.44. The number of hydrogen-bond acceptors (Lipinski definition) is 6. The van der Waals surface area contributed by atoms with Crippen molar-refractivity contribution in [2.24, 2.45) is 15.7 Å². The molecule has 0 saturated carbocycles. The van der Waals surface area contributed by atoms with Crippen LogP contribution in [-0.4, -0.2) is 62.7 Å². The number of rotatable bonds is 7. The third-order valence-electron chi connectivity index (χ3n) is 5.97. The molecule has 0 spiro atoms. The summed E-state index contributed by atoms with van der Waals surface area (Å²) in [7, 11) is 3.41. The lowest BCUT2D eigenvalue weighted by Gasteiger charge is -2.32. The Bertz CT molecular complexity index is 1260. The molecule has 198 valence electrons. The van der Waals surface area contributed by atoms with Crippen LogP contribution in [0.3, 0.4) is 0 Å². The minimum Gasteiger partial charge on any atom is -0.487 e. The summed E-state index contributed by atoms with van der Waals surface area (Å²) in [6, 6.07) is 14.8. The van der Waals surface area contributed by atoms with E-state index in [2.05, 4.69) is 29.3 Å². The molecular weight excluding hydrogens is 481 g/mol. The highest BCUT2D eigenvalue weighted by Crippen LogP contribution is 2.30. The van der Waals surface area contributed by atoms with E-state index in [1.54, 1.807) is 6.20 Å². The number of benzene rings is 2. The molecule has 1 amide bonds. The second-order valence-electron chi connectivity index (χ2n) is 8.66. The van der Waals surface area contributed by atoms with Crippen LogP contribution in [-0.2, 0) is 4.79 Å². The molecule has 38 heavy (non-hydrogen) atoms. The van der Waals surface area contributed by atoms with E-state index >= 15 is 0 Å². The van der Waals surface area contributed by atoms with Crippen molar-refractivity contribution in [3.05, 3.63) is 96.8 Å². The van der Waals surface area contributed by atoms with Crippen molar-refractivity contribution in [2.45, 2.75) is 18.7 Å². The van der Waals surface area contributed by atoms with Crippen molar-refractivity contribution < 1.29 is 13.9 Å². The average molecular weight is 516 g/mol. The quantitative estimate of drug-likeness (QED) is 0.396. The second kappa shape index (κ2) is 14.0. The highest BCUT2D eigenvalue weighted by Gasteiger charge is 2.29. The molecule has 1 fully saturated rings. The van der Waals surface area contributed by atoms with Crippen molar-refractivity contribution in [3.63, 3.8) is 0 Å². The van der Waals surface area contributed by atoms with Gasteiger partial charge in [-0.05, 0) is 75.3 Å². The molecule has 0 bridgehead atoms. The van der Waals surface area contributed by atoms with Crippen molar-refractivity contribution in [3.8, 4) is 5.75 Å². The number of amides is 1. The Balaban J connectivity index is 0.00000195. The number of carbonyl (C=O) groups is 1. The molecule has 2 aliphatic rings. The van der Waals surface area contributed by atoms with E-state index in [9.17, 15) is 9.18 Å². The molecule has 2 atom stereocenters. The van der Waals surface area contributed by atoms with Gasteiger partial charge in [-0.1, -0.05) is 36.9 Å². The highest BCUT2D eigenvalue weighted by molar-refractivity contribution is 6.34. The normalized spacial score (nSPS) is 21.2. The first kappa shape index (κ1) is 28.4.